The van der Waals surface area contributed by atoms with Crippen LogP contribution in [0.5, 0.6) is 5.75 Å². The summed E-state index contributed by atoms with van der Waals surface area (Å²) in [6, 6.07) is 17.2. The average molecular weight is 367 g/mol. The summed E-state index contributed by atoms with van der Waals surface area (Å²) in [5.41, 5.74) is 1.84. The number of para-hydroxylation sites is 1. The molecule has 0 atom stereocenters. The van der Waals surface area contributed by atoms with E-state index >= 15 is 0 Å². The van der Waals surface area contributed by atoms with E-state index in [0.29, 0.717) is 32.7 Å². The molecule has 1 heterocycles. The van der Waals surface area contributed by atoms with Gasteiger partial charge in [-0.3, -0.25) is 9.59 Å². The number of carbonyl (C=O) groups is 2. The van der Waals surface area contributed by atoms with E-state index < -0.39 is 11.8 Å². The molecule has 1 fully saturated rings. The molecule has 0 saturated carbocycles. The quantitative estimate of drug-likeness (QED) is 0.779. The summed E-state index contributed by atoms with van der Waals surface area (Å²) >= 11 is 0. The second-order valence-electron chi connectivity index (χ2n) is 6.36. The first-order valence-corrected chi connectivity index (χ1v) is 9.19. The van der Waals surface area contributed by atoms with E-state index in [-0.39, 0.29) is 0 Å². The zero-order chi connectivity index (χ0) is 19.2. The van der Waals surface area contributed by atoms with Gasteiger partial charge >= 0.3 is 11.8 Å². The van der Waals surface area contributed by atoms with Crippen molar-refractivity contribution < 1.29 is 14.3 Å². The summed E-state index contributed by atoms with van der Waals surface area (Å²) in [6.45, 7) is 4.79. The standard InChI is InChI=1S/C21H25N3O3/c1-3-24(18-7-5-4-6-8-18)21(26)20(25)23-15-13-22(14-16-23)17-9-11-19(27-2)12-10-17/h4-12H,3,13-16H2,1-2H3. The third-order valence-electron chi connectivity index (χ3n) is 4.82. The summed E-state index contributed by atoms with van der Waals surface area (Å²) in [5, 5.41) is 0. The Morgan fingerprint density at radius 1 is 0.963 bits per heavy atom. The van der Waals surface area contributed by atoms with Crippen molar-refractivity contribution in [3.8, 4) is 5.75 Å². The Kier molecular flexibility index (Phi) is 5.96. The van der Waals surface area contributed by atoms with Crippen LogP contribution in [0.4, 0.5) is 11.4 Å². The van der Waals surface area contributed by atoms with E-state index in [1.54, 1.807) is 12.0 Å². The van der Waals surface area contributed by atoms with E-state index in [4.69, 9.17) is 4.74 Å². The number of hydrogen-bond donors (Lipinski definition) is 0. The molecule has 0 radical (unpaired) electrons. The van der Waals surface area contributed by atoms with Crippen LogP contribution < -0.4 is 14.5 Å². The maximum absolute atomic E-state index is 12.7. The van der Waals surface area contributed by atoms with Gasteiger partial charge in [0.25, 0.3) is 0 Å². The number of amides is 2. The lowest BCUT2D eigenvalue weighted by atomic mass is 10.2. The van der Waals surface area contributed by atoms with Gasteiger partial charge in [0.15, 0.2) is 0 Å². The van der Waals surface area contributed by atoms with Gasteiger partial charge in [0.05, 0.1) is 7.11 Å². The fraction of sp³-hybridized carbons (Fsp3) is 0.333. The van der Waals surface area contributed by atoms with Gasteiger partial charge in [-0.25, -0.2) is 0 Å². The molecule has 6 heteroatoms. The highest BCUT2D eigenvalue weighted by molar-refractivity contribution is 6.40. The van der Waals surface area contributed by atoms with Crippen molar-refractivity contribution in [3.05, 3.63) is 54.6 Å². The summed E-state index contributed by atoms with van der Waals surface area (Å²) in [4.78, 5) is 30.8. The van der Waals surface area contributed by atoms with Gasteiger partial charge in [0.2, 0.25) is 0 Å². The third kappa shape index (κ3) is 4.22. The highest BCUT2D eigenvalue weighted by Crippen LogP contribution is 2.21. The number of piperazine rings is 1. The van der Waals surface area contributed by atoms with Crippen molar-refractivity contribution in [2.45, 2.75) is 6.92 Å². The van der Waals surface area contributed by atoms with E-state index in [1.165, 1.54) is 4.90 Å². The van der Waals surface area contributed by atoms with E-state index in [1.807, 2.05) is 61.5 Å². The van der Waals surface area contributed by atoms with Crippen LogP contribution in [0.15, 0.2) is 54.6 Å². The van der Waals surface area contributed by atoms with Gasteiger partial charge in [-0.1, -0.05) is 18.2 Å². The Bertz CT molecular complexity index is 769. The van der Waals surface area contributed by atoms with Gasteiger partial charge in [-0.2, -0.15) is 0 Å². The first kappa shape index (κ1) is 18.8. The molecule has 0 aliphatic carbocycles. The molecule has 0 aromatic heterocycles. The highest BCUT2D eigenvalue weighted by Gasteiger charge is 2.29. The van der Waals surface area contributed by atoms with Crippen molar-refractivity contribution in [2.24, 2.45) is 0 Å². The predicted octanol–water partition coefficient (Wildman–Crippen LogP) is 2.40. The molecule has 1 aliphatic rings. The second kappa shape index (κ2) is 8.58. The molecule has 2 aromatic carbocycles. The molecule has 142 valence electrons. The van der Waals surface area contributed by atoms with E-state index in [0.717, 1.165) is 17.1 Å². The Hall–Kier alpha value is -3.02. The number of ether oxygens (including phenoxy) is 1. The summed E-state index contributed by atoms with van der Waals surface area (Å²) < 4.78 is 5.19. The summed E-state index contributed by atoms with van der Waals surface area (Å²) in [5.74, 6) is -0.0876. The minimum Gasteiger partial charge on any atom is -0.497 e. The lowest BCUT2D eigenvalue weighted by molar-refractivity contribution is -0.144. The molecular weight excluding hydrogens is 342 g/mol. The predicted molar refractivity (Wildman–Crippen MR) is 106 cm³/mol. The molecular formula is C21H25N3O3. The fourth-order valence-corrected chi connectivity index (χ4v) is 3.26. The normalized spacial score (nSPS) is 14.0. The SMILES string of the molecule is CCN(C(=O)C(=O)N1CCN(c2ccc(OC)cc2)CC1)c1ccccc1. The lowest BCUT2D eigenvalue weighted by Gasteiger charge is -2.36. The fourth-order valence-electron chi connectivity index (χ4n) is 3.26. The summed E-state index contributed by atoms with van der Waals surface area (Å²) in [7, 11) is 1.64. The largest absolute Gasteiger partial charge is 0.497 e. The summed E-state index contributed by atoms with van der Waals surface area (Å²) in [6.07, 6.45) is 0. The van der Waals surface area contributed by atoms with Crippen LogP contribution in [0.2, 0.25) is 0 Å². The topological polar surface area (TPSA) is 53.1 Å². The molecule has 0 N–H and O–H groups in total. The highest BCUT2D eigenvalue weighted by atomic mass is 16.5. The number of anilines is 2. The van der Waals surface area contributed by atoms with Gasteiger partial charge in [0, 0.05) is 44.1 Å². The number of hydrogen-bond acceptors (Lipinski definition) is 4. The smallest absolute Gasteiger partial charge is 0.316 e. The Morgan fingerprint density at radius 2 is 1.59 bits per heavy atom. The Balaban J connectivity index is 1.61. The zero-order valence-electron chi connectivity index (χ0n) is 15.8. The van der Waals surface area contributed by atoms with Gasteiger partial charge in [-0.15, -0.1) is 0 Å². The third-order valence-corrected chi connectivity index (χ3v) is 4.82. The first-order valence-electron chi connectivity index (χ1n) is 9.19. The molecule has 27 heavy (non-hydrogen) atoms. The van der Waals surface area contributed by atoms with Crippen LogP contribution in [0.25, 0.3) is 0 Å². The van der Waals surface area contributed by atoms with E-state index in [9.17, 15) is 9.59 Å². The number of rotatable bonds is 4. The number of nitrogens with zero attached hydrogens (tertiary/aromatic N) is 3. The maximum atomic E-state index is 12.7. The Labute approximate surface area is 159 Å². The van der Waals surface area contributed by atoms with E-state index in [2.05, 4.69) is 4.90 Å². The van der Waals surface area contributed by atoms with Gasteiger partial charge < -0.3 is 19.4 Å². The molecule has 0 spiro atoms. The number of methoxy groups -OCH3 is 1. The van der Waals surface area contributed by atoms with Crippen molar-refractivity contribution in [1.82, 2.24) is 4.90 Å². The minimum absolute atomic E-state index is 0.435. The van der Waals surface area contributed by atoms with Crippen molar-refractivity contribution >= 4 is 23.2 Å². The van der Waals surface area contributed by atoms with Gasteiger partial charge in [-0.05, 0) is 43.3 Å². The zero-order valence-corrected chi connectivity index (χ0v) is 15.8. The van der Waals surface area contributed by atoms with Crippen LogP contribution in [-0.2, 0) is 9.59 Å². The maximum Gasteiger partial charge on any atom is 0.316 e. The molecule has 3 rings (SSSR count). The van der Waals surface area contributed by atoms with Crippen LogP contribution in [0.3, 0.4) is 0 Å². The Morgan fingerprint density at radius 3 is 2.15 bits per heavy atom. The number of likely N-dealkylation sites (N-methyl/N-ethyl adjacent to an activating group) is 1. The molecule has 6 nitrogen and oxygen atoms in total. The van der Waals surface area contributed by atoms with Gasteiger partial charge in [0.1, 0.15) is 5.75 Å². The molecule has 0 unspecified atom stereocenters. The van der Waals surface area contributed by atoms with Crippen LogP contribution in [0.1, 0.15) is 6.92 Å². The van der Waals surface area contributed by atoms with Crippen molar-refractivity contribution in [2.75, 3.05) is 49.6 Å². The minimum atomic E-state index is -0.471. The number of benzene rings is 2. The average Bonchev–Trinajstić information content (AvgIpc) is 2.74. The molecule has 0 bridgehead atoms. The van der Waals surface area contributed by atoms with Crippen molar-refractivity contribution in [3.63, 3.8) is 0 Å². The lowest BCUT2D eigenvalue weighted by Crippen LogP contribution is -2.53. The monoisotopic (exact) mass is 367 g/mol. The molecule has 1 aliphatic heterocycles. The molecule has 1 saturated heterocycles. The van der Waals surface area contributed by atoms with Crippen LogP contribution in [-0.4, -0.2) is 56.5 Å². The van der Waals surface area contributed by atoms with Crippen LogP contribution in [0, 0.1) is 0 Å². The van der Waals surface area contributed by atoms with Crippen molar-refractivity contribution in [1.29, 1.82) is 0 Å². The number of carbonyl (C=O) groups excluding carboxylic acids is 2. The molecule has 2 aromatic rings. The van der Waals surface area contributed by atoms with Crippen LogP contribution >= 0.6 is 0 Å². The first-order chi connectivity index (χ1) is 13.1. The second-order valence-corrected chi connectivity index (χ2v) is 6.36. The molecule has 2 amide bonds.